The molecule has 3 rings (SSSR count). The zero-order chi connectivity index (χ0) is 18.7. The molecule has 0 aliphatic heterocycles. The third-order valence-electron chi connectivity index (χ3n) is 4.97. The number of likely N-dealkylation sites (N-methyl/N-ethyl adjacent to an activating group) is 1. The highest BCUT2D eigenvalue weighted by Crippen LogP contribution is 2.23. The van der Waals surface area contributed by atoms with Crippen LogP contribution in [-0.2, 0) is 13.0 Å². The maximum Gasteiger partial charge on any atom is 0.0234 e. The number of nitrogens with one attached hydrogen (secondary N) is 1. The molecule has 0 aromatic heterocycles. The molecule has 0 heterocycles. The normalized spacial score (nSPS) is 11.0. The topological polar surface area (TPSA) is 15.3 Å². The zero-order valence-corrected chi connectivity index (χ0v) is 16.3. The Kier molecular flexibility index (Phi) is 7.64. The van der Waals surface area contributed by atoms with E-state index in [-0.39, 0.29) is 0 Å². The van der Waals surface area contributed by atoms with E-state index in [1.54, 1.807) is 0 Å². The average Bonchev–Trinajstić information content (AvgIpc) is 2.74. The van der Waals surface area contributed by atoms with E-state index in [0.29, 0.717) is 0 Å². The lowest BCUT2D eigenvalue weighted by Gasteiger charge is -2.20. The van der Waals surface area contributed by atoms with Gasteiger partial charge in [0.15, 0.2) is 0 Å². The standard InChI is InChI=1S/C25H30N2/c1-2-27(21-22-11-5-3-6-12-22)20-19-26-18-17-24-15-9-10-16-25(24)23-13-7-4-8-14-23/h3-16,26H,2,17-21H2,1H3. The summed E-state index contributed by atoms with van der Waals surface area (Å²) in [6.07, 6.45) is 1.05. The first kappa shape index (κ1) is 19.3. The molecule has 0 radical (unpaired) electrons. The Morgan fingerprint density at radius 2 is 1.41 bits per heavy atom. The summed E-state index contributed by atoms with van der Waals surface area (Å²) in [4.78, 5) is 2.49. The van der Waals surface area contributed by atoms with E-state index < -0.39 is 0 Å². The lowest BCUT2D eigenvalue weighted by atomic mass is 9.98. The molecule has 0 unspecified atom stereocenters. The van der Waals surface area contributed by atoms with Crippen molar-refractivity contribution in [3.8, 4) is 11.1 Å². The van der Waals surface area contributed by atoms with Crippen LogP contribution in [0.2, 0.25) is 0 Å². The van der Waals surface area contributed by atoms with Gasteiger partial charge in [0.1, 0.15) is 0 Å². The molecular formula is C25H30N2. The lowest BCUT2D eigenvalue weighted by Crippen LogP contribution is -2.32. The molecule has 0 bridgehead atoms. The summed E-state index contributed by atoms with van der Waals surface area (Å²) in [5, 5.41) is 3.62. The molecule has 2 nitrogen and oxygen atoms in total. The van der Waals surface area contributed by atoms with Gasteiger partial charge in [-0.1, -0.05) is 91.9 Å². The highest BCUT2D eigenvalue weighted by molar-refractivity contribution is 5.67. The van der Waals surface area contributed by atoms with Crippen LogP contribution in [0.15, 0.2) is 84.9 Å². The second kappa shape index (κ2) is 10.7. The van der Waals surface area contributed by atoms with Crippen molar-refractivity contribution in [1.29, 1.82) is 0 Å². The van der Waals surface area contributed by atoms with Crippen LogP contribution < -0.4 is 5.32 Å². The molecule has 0 amide bonds. The van der Waals surface area contributed by atoms with Gasteiger partial charge >= 0.3 is 0 Å². The maximum absolute atomic E-state index is 3.62. The summed E-state index contributed by atoms with van der Waals surface area (Å²) in [6, 6.07) is 30.1. The van der Waals surface area contributed by atoms with Gasteiger partial charge < -0.3 is 5.32 Å². The zero-order valence-electron chi connectivity index (χ0n) is 16.3. The predicted molar refractivity (Wildman–Crippen MR) is 116 cm³/mol. The third-order valence-corrected chi connectivity index (χ3v) is 4.97. The Labute approximate surface area is 163 Å². The summed E-state index contributed by atoms with van der Waals surface area (Å²) < 4.78 is 0. The van der Waals surface area contributed by atoms with Gasteiger partial charge in [-0.25, -0.2) is 0 Å². The van der Waals surface area contributed by atoms with Gasteiger partial charge in [-0.05, 0) is 41.8 Å². The lowest BCUT2D eigenvalue weighted by molar-refractivity contribution is 0.279. The van der Waals surface area contributed by atoms with E-state index >= 15 is 0 Å². The highest BCUT2D eigenvalue weighted by atomic mass is 15.1. The first-order valence-electron chi connectivity index (χ1n) is 9.97. The van der Waals surface area contributed by atoms with Crippen LogP contribution in [-0.4, -0.2) is 31.1 Å². The third kappa shape index (κ3) is 6.06. The van der Waals surface area contributed by atoms with Crippen LogP contribution in [0.1, 0.15) is 18.1 Å². The van der Waals surface area contributed by atoms with Crippen LogP contribution in [0.25, 0.3) is 11.1 Å². The Balaban J connectivity index is 1.45. The summed E-state index contributed by atoms with van der Waals surface area (Å²) in [7, 11) is 0. The Hall–Kier alpha value is -2.42. The first-order chi connectivity index (χ1) is 13.4. The van der Waals surface area contributed by atoms with Gasteiger partial charge in [-0.2, -0.15) is 0 Å². The van der Waals surface area contributed by atoms with Crippen LogP contribution in [0, 0.1) is 0 Å². The number of hydrogen-bond donors (Lipinski definition) is 1. The van der Waals surface area contributed by atoms with Crippen molar-refractivity contribution in [3.05, 3.63) is 96.1 Å². The van der Waals surface area contributed by atoms with E-state index in [1.807, 2.05) is 0 Å². The van der Waals surface area contributed by atoms with Gasteiger partial charge in [-0.3, -0.25) is 4.90 Å². The second-order valence-corrected chi connectivity index (χ2v) is 6.88. The molecule has 3 aromatic carbocycles. The molecule has 1 N–H and O–H groups in total. The minimum atomic E-state index is 1.01. The van der Waals surface area contributed by atoms with Crippen molar-refractivity contribution in [3.63, 3.8) is 0 Å². The van der Waals surface area contributed by atoms with E-state index in [2.05, 4.69) is 102 Å². The van der Waals surface area contributed by atoms with Crippen molar-refractivity contribution in [2.24, 2.45) is 0 Å². The van der Waals surface area contributed by atoms with E-state index in [9.17, 15) is 0 Å². The van der Waals surface area contributed by atoms with Gasteiger partial charge in [0.2, 0.25) is 0 Å². The molecule has 140 valence electrons. The largest absolute Gasteiger partial charge is 0.315 e. The molecule has 0 fully saturated rings. The second-order valence-electron chi connectivity index (χ2n) is 6.88. The predicted octanol–water partition coefficient (Wildman–Crippen LogP) is 5.01. The van der Waals surface area contributed by atoms with Crippen molar-refractivity contribution < 1.29 is 0 Å². The molecule has 0 saturated carbocycles. The monoisotopic (exact) mass is 358 g/mol. The Morgan fingerprint density at radius 1 is 0.741 bits per heavy atom. The van der Waals surface area contributed by atoms with Crippen molar-refractivity contribution in [2.45, 2.75) is 19.9 Å². The van der Waals surface area contributed by atoms with Crippen LogP contribution in [0.3, 0.4) is 0 Å². The molecule has 0 aliphatic carbocycles. The number of benzene rings is 3. The average molecular weight is 359 g/mol. The molecule has 2 heteroatoms. The molecular weight excluding hydrogens is 328 g/mol. The van der Waals surface area contributed by atoms with Crippen molar-refractivity contribution >= 4 is 0 Å². The molecule has 0 saturated heterocycles. The minimum Gasteiger partial charge on any atom is -0.315 e. The first-order valence-corrected chi connectivity index (χ1v) is 9.97. The van der Waals surface area contributed by atoms with E-state index in [0.717, 1.165) is 39.1 Å². The quantitative estimate of drug-likeness (QED) is 0.513. The SMILES string of the molecule is CCN(CCNCCc1ccccc1-c1ccccc1)Cc1ccccc1. The van der Waals surface area contributed by atoms with Crippen molar-refractivity contribution in [2.75, 3.05) is 26.2 Å². The Bertz CT molecular complexity index is 784. The summed E-state index contributed by atoms with van der Waals surface area (Å²) in [6.45, 7) is 7.44. The fourth-order valence-corrected chi connectivity index (χ4v) is 3.41. The van der Waals surface area contributed by atoms with E-state index in [1.165, 1.54) is 22.3 Å². The van der Waals surface area contributed by atoms with E-state index in [4.69, 9.17) is 0 Å². The van der Waals surface area contributed by atoms with Crippen molar-refractivity contribution in [1.82, 2.24) is 10.2 Å². The Morgan fingerprint density at radius 3 is 2.15 bits per heavy atom. The summed E-state index contributed by atoms with van der Waals surface area (Å²) >= 11 is 0. The van der Waals surface area contributed by atoms with Crippen LogP contribution >= 0.6 is 0 Å². The summed E-state index contributed by atoms with van der Waals surface area (Å²) in [5.41, 5.74) is 5.44. The molecule has 27 heavy (non-hydrogen) atoms. The minimum absolute atomic E-state index is 1.01. The van der Waals surface area contributed by atoms with Gasteiger partial charge in [0.05, 0.1) is 0 Å². The van der Waals surface area contributed by atoms with Gasteiger partial charge in [0.25, 0.3) is 0 Å². The van der Waals surface area contributed by atoms with Crippen LogP contribution in [0.4, 0.5) is 0 Å². The maximum atomic E-state index is 3.62. The van der Waals surface area contributed by atoms with Gasteiger partial charge in [0, 0.05) is 19.6 Å². The molecule has 0 spiro atoms. The molecule has 3 aromatic rings. The summed E-state index contributed by atoms with van der Waals surface area (Å²) in [5.74, 6) is 0. The molecule has 0 aliphatic rings. The van der Waals surface area contributed by atoms with Crippen LogP contribution in [0.5, 0.6) is 0 Å². The number of rotatable bonds is 10. The number of hydrogen-bond acceptors (Lipinski definition) is 2. The molecule has 0 atom stereocenters. The fourth-order valence-electron chi connectivity index (χ4n) is 3.41. The van der Waals surface area contributed by atoms with Gasteiger partial charge in [-0.15, -0.1) is 0 Å². The highest BCUT2D eigenvalue weighted by Gasteiger charge is 2.05. The smallest absolute Gasteiger partial charge is 0.0234 e. The number of nitrogens with zero attached hydrogens (tertiary/aromatic N) is 1. The fraction of sp³-hybridized carbons (Fsp3) is 0.280.